The molecule has 57 unspecified atom stereocenters. The molecule has 15 aliphatic rings. The molecule has 139 heavy (non-hydrogen) atoms. The van der Waals surface area contributed by atoms with Gasteiger partial charge in [-0.15, -0.1) is 0 Å². The van der Waals surface area contributed by atoms with Gasteiger partial charge in [-0.3, -0.25) is 4.79 Å². The maximum Gasteiger partial charge on any atom is 0.335 e. The summed E-state index contributed by atoms with van der Waals surface area (Å²) < 4.78 is 123. The minimum absolute atomic E-state index is 0.0853. The smallest absolute Gasteiger partial charge is 0.335 e. The van der Waals surface area contributed by atoms with Gasteiger partial charge in [-0.2, -0.15) is 0 Å². The van der Waals surface area contributed by atoms with E-state index in [2.05, 4.69) is 40.7 Å². The molecule has 28 N–H and O–H groups in total. The van der Waals surface area contributed by atoms with Crippen LogP contribution in [-0.4, -0.2) is 508 Å². The van der Waals surface area contributed by atoms with Crippen LogP contribution in [-0.2, 0) is 109 Å². The summed E-state index contributed by atoms with van der Waals surface area (Å²) in [5.41, 5.74) is -4.44. The van der Waals surface area contributed by atoms with Crippen molar-refractivity contribution < 1.29 is 252 Å². The van der Waals surface area contributed by atoms with Gasteiger partial charge in [-0.25, -0.2) is 4.79 Å². The van der Waals surface area contributed by atoms with Crippen molar-refractivity contribution in [2.75, 3.05) is 46.2 Å². The van der Waals surface area contributed by atoms with Crippen LogP contribution in [0.15, 0.2) is 11.6 Å². The SMILES string of the molecule is CC1OC(OC2C(C)OC(OC(=O)C34CCC(C)(C)CC3C3=CCC5C6(C)CCC(OC7OC(C(=O)O)C(OC8OC(CO)C(O)C(O)C8O)C(OC8OCC(O)C(O)C8O)C7O)C(C)(C=O)C6CCC5(C)C3(C)CC4)C(O)C2OC2OCC(OC3OC(CO)C(OC4OC(CO)C(O)C(O)C4O)C(O)C3O)C(OC3OC(CO)C(O)C(O)C3O)C2OC2OC(CO)C(O)C(O)C2O)C(O)C(O)C1O. The highest BCUT2D eigenvalue weighted by Gasteiger charge is 2.73. The summed E-state index contributed by atoms with van der Waals surface area (Å²) >= 11 is 0. The fraction of sp³-hybridized carbons (Fsp3) is 0.943. The predicted molar refractivity (Wildman–Crippen MR) is 445 cm³/mol. The average molecular weight is 2010 g/mol. The summed E-state index contributed by atoms with van der Waals surface area (Å²) in [6.07, 6.45) is -92.0. The van der Waals surface area contributed by atoms with E-state index in [1.54, 1.807) is 6.92 Å². The first kappa shape index (κ1) is 110. The van der Waals surface area contributed by atoms with Crippen LogP contribution in [0.4, 0.5) is 0 Å². The van der Waals surface area contributed by atoms with E-state index in [0.717, 1.165) is 11.9 Å². The number of hydrogen-bond donors (Lipinski definition) is 28. The van der Waals surface area contributed by atoms with Gasteiger partial charge in [0.05, 0.1) is 75.4 Å². The van der Waals surface area contributed by atoms with Crippen LogP contribution in [0.1, 0.15) is 120 Å². The summed E-state index contributed by atoms with van der Waals surface area (Å²) in [6, 6.07) is 0. The second-order valence-electron chi connectivity index (χ2n) is 41.9. The van der Waals surface area contributed by atoms with Gasteiger partial charge in [0.25, 0.3) is 0 Å². The molecular formula is C88H140O51. The third-order valence-corrected chi connectivity index (χ3v) is 33.2. The number of ether oxygens (including phenoxy) is 20. The van der Waals surface area contributed by atoms with Gasteiger partial charge in [-0.05, 0) is 117 Å². The third-order valence-electron chi connectivity index (χ3n) is 33.2. The first-order valence-electron chi connectivity index (χ1n) is 47.5. The highest BCUT2D eigenvalue weighted by molar-refractivity contribution is 5.79. The number of rotatable bonds is 27. The number of carbonyl (C=O) groups excluding carboxylic acids is 2. The summed E-state index contributed by atoms with van der Waals surface area (Å²) in [5, 5.41) is 311. The van der Waals surface area contributed by atoms with Crippen LogP contribution < -0.4 is 0 Å². The van der Waals surface area contributed by atoms with Gasteiger partial charge in [0.1, 0.15) is 220 Å². The number of aliphatic carboxylic acids is 1. The Morgan fingerprint density at radius 2 is 0.799 bits per heavy atom. The van der Waals surface area contributed by atoms with Crippen molar-refractivity contribution in [2.24, 2.45) is 50.2 Å². The van der Waals surface area contributed by atoms with Gasteiger partial charge in [0.2, 0.25) is 6.29 Å². The number of fused-ring (bicyclic) bond motifs is 7. The number of hydrogen-bond acceptors (Lipinski definition) is 50. The molecule has 10 aliphatic heterocycles. The van der Waals surface area contributed by atoms with E-state index < -0.39 is 403 Å². The first-order valence-corrected chi connectivity index (χ1v) is 47.5. The molecule has 798 valence electrons. The topological polar surface area (TPSA) is 802 Å². The lowest BCUT2D eigenvalue weighted by Gasteiger charge is -2.71. The molecule has 0 bridgehead atoms. The van der Waals surface area contributed by atoms with Gasteiger partial charge in [0.15, 0.2) is 62.7 Å². The molecule has 4 saturated carbocycles. The summed E-state index contributed by atoms with van der Waals surface area (Å²) in [7, 11) is 0. The normalized spacial score (nSPS) is 54.6. The van der Waals surface area contributed by atoms with Crippen molar-refractivity contribution in [3.63, 3.8) is 0 Å². The largest absolute Gasteiger partial charge is 0.479 e. The molecule has 10 saturated heterocycles. The molecule has 0 radical (unpaired) electrons. The third kappa shape index (κ3) is 19.9. The zero-order chi connectivity index (χ0) is 101. The Morgan fingerprint density at radius 3 is 1.33 bits per heavy atom. The molecule has 0 spiro atoms. The Balaban J connectivity index is 0.725. The van der Waals surface area contributed by atoms with Gasteiger partial charge >= 0.3 is 11.9 Å². The van der Waals surface area contributed by atoms with E-state index in [1.807, 2.05) is 0 Å². The molecule has 51 nitrogen and oxygen atoms in total. The molecule has 0 aromatic carbocycles. The Labute approximate surface area is 796 Å². The lowest BCUT2D eigenvalue weighted by Crippen LogP contribution is -2.69. The number of aldehydes is 1. The first-order chi connectivity index (χ1) is 65.5. The minimum atomic E-state index is -2.35. The Morgan fingerprint density at radius 1 is 0.374 bits per heavy atom. The molecule has 5 aliphatic carbocycles. The van der Waals surface area contributed by atoms with E-state index in [9.17, 15) is 153 Å². The van der Waals surface area contributed by atoms with Crippen LogP contribution in [0, 0.1) is 50.2 Å². The summed E-state index contributed by atoms with van der Waals surface area (Å²) in [4.78, 5) is 44.2. The zero-order valence-electron chi connectivity index (χ0n) is 77.6. The summed E-state index contributed by atoms with van der Waals surface area (Å²) in [5.74, 6) is -3.96. The molecular weight excluding hydrogens is 1870 g/mol. The number of carboxylic acids is 1. The Bertz CT molecular complexity index is 4120. The van der Waals surface area contributed by atoms with Gasteiger partial charge in [0, 0.05) is 0 Å². The molecule has 10 heterocycles. The fourth-order valence-electron chi connectivity index (χ4n) is 24.6. The van der Waals surface area contributed by atoms with Crippen molar-refractivity contribution in [1.29, 1.82) is 0 Å². The number of aliphatic hydroxyl groups excluding tert-OH is 27. The van der Waals surface area contributed by atoms with E-state index in [1.165, 1.54) is 13.8 Å². The second kappa shape index (κ2) is 42.9. The number of allylic oxidation sites excluding steroid dienone is 2. The Kier molecular flexibility index (Phi) is 33.8. The van der Waals surface area contributed by atoms with Crippen molar-refractivity contribution in [1.82, 2.24) is 0 Å². The number of aliphatic hydroxyl groups is 27. The zero-order valence-corrected chi connectivity index (χ0v) is 77.6. The molecule has 14 fully saturated rings. The number of carboxylic acid groups (broad SMARTS) is 1. The standard InChI is InChI=1S/C88H140O51/c1-28-42(96)48(102)55(109)73(122-28)131-63-29(2)123-79(61(115)66(63)135-81-70(138-78-59(113)52(106)47(101)36(23-92)127-78)65(133-76-57(111)50(104)45(99)34(21-90)125-76)38(26-121-81)129-74-60(114)53(107)64(37(24-93)128-74)132-75-56(110)49(103)44(98)33(20-89)124-75)139-82(119)88-17-15-83(3,4)19-31(88)30-9-10-40-84(5)13-12-41(85(6,27-94)39(84)11-14-87(40,8)86(30,7)16-18-88)130-80-62(116)67(134-72-54(108)43(97)32(95)25-120-72)68(69(137-80)71(117)118)136-77-58(112)51(105)46(100)35(22-91)126-77/h9,27-29,31-70,72-81,89-93,95-116H,10-26H2,1-8H3,(H,117,118). The fourth-order valence-corrected chi connectivity index (χ4v) is 24.6. The molecule has 15 rings (SSSR count). The van der Waals surface area contributed by atoms with Crippen molar-refractivity contribution >= 4 is 18.2 Å². The van der Waals surface area contributed by atoms with E-state index >= 15 is 4.79 Å². The lowest BCUT2D eigenvalue weighted by atomic mass is 9.33. The van der Waals surface area contributed by atoms with Crippen LogP contribution in [0.25, 0.3) is 0 Å². The van der Waals surface area contributed by atoms with Gasteiger partial charge < -0.3 is 243 Å². The molecule has 51 heteroatoms. The second-order valence-corrected chi connectivity index (χ2v) is 41.9. The van der Waals surface area contributed by atoms with Crippen LogP contribution in [0.3, 0.4) is 0 Å². The minimum Gasteiger partial charge on any atom is -0.479 e. The average Bonchev–Trinajstić information content (AvgIpc) is 0.671. The van der Waals surface area contributed by atoms with E-state index in [4.69, 9.17) is 94.7 Å². The quantitative estimate of drug-likeness (QED) is 0.0157. The highest BCUT2D eigenvalue weighted by Crippen LogP contribution is 2.76. The van der Waals surface area contributed by atoms with Crippen molar-refractivity contribution in [3.05, 3.63) is 11.6 Å². The van der Waals surface area contributed by atoms with Crippen molar-refractivity contribution in [3.8, 4) is 0 Å². The molecule has 0 amide bonds. The maximum absolute atomic E-state index is 16.4. The lowest BCUT2D eigenvalue weighted by molar-refractivity contribution is -0.414. The predicted octanol–water partition coefficient (Wildman–Crippen LogP) is -12.5. The molecule has 0 aromatic heterocycles. The van der Waals surface area contributed by atoms with Gasteiger partial charge in [-0.1, -0.05) is 53.2 Å². The molecule has 57 atom stereocenters. The van der Waals surface area contributed by atoms with E-state index in [-0.39, 0.29) is 25.2 Å². The Hall–Kier alpha value is -3.49. The summed E-state index contributed by atoms with van der Waals surface area (Å²) in [6.45, 7) is 8.27. The monoisotopic (exact) mass is 2010 g/mol. The number of esters is 1. The molecule has 0 aromatic rings. The number of carbonyl (C=O) groups is 3. The highest BCUT2D eigenvalue weighted by atomic mass is 16.8. The van der Waals surface area contributed by atoms with Crippen LogP contribution in [0.5, 0.6) is 0 Å². The van der Waals surface area contributed by atoms with E-state index in [0.29, 0.717) is 44.9 Å². The van der Waals surface area contributed by atoms with Crippen molar-refractivity contribution in [2.45, 2.75) is 421 Å². The maximum atomic E-state index is 16.4. The van der Waals surface area contributed by atoms with Crippen LogP contribution >= 0.6 is 0 Å². The van der Waals surface area contributed by atoms with Crippen LogP contribution in [0.2, 0.25) is 0 Å².